The fourth-order valence-electron chi connectivity index (χ4n) is 3.07. The van der Waals surface area contributed by atoms with E-state index in [0.717, 1.165) is 51.4 Å². The molecule has 6 nitrogen and oxygen atoms in total. The maximum atomic E-state index is 4.43. The third kappa shape index (κ3) is 5.82. The highest BCUT2D eigenvalue weighted by molar-refractivity contribution is 14.0. The molecule has 0 unspecified atom stereocenters. The monoisotopic (exact) mass is 466 g/mol. The predicted octanol–water partition coefficient (Wildman–Crippen LogP) is 3.04. The maximum Gasteiger partial charge on any atom is 0.193 e. The van der Waals surface area contributed by atoms with Crippen LogP contribution in [0.1, 0.15) is 24.8 Å². The molecule has 0 radical (unpaired) electrons. The number of nitrogens with zero attached hydrogens (tertiary/aromatic N) is 5. The van der Waals surface area contributed by atoms with Crippen LogP contribution in [0.4, 0.5) is 0 Å². The Hall–Kier alpha value is -1.90. The Labute approximate surface area is 172 Å². The second-order valence-corrected chi connectivity index (χ2v) is 6.17. The lowest BCUT2D eigenvalue weighted by Gasteiger charge is -2.29. The van der Waals surface area contributed by atoms with Gasteiger partial charge in [0.1, 0.15) is 12.7 Å². The van der Waals surface area contributed by atoms with Crippen molar-refractivity contribution in [1.29, 1.82) is 0 Å². The lowest BCUT2D eigenvalue weighted by atomic mass is 10.00. The van der Waals surface area contributed by atoms with Crippen molar-refractivity contribution >= 4 is 35.5 Å². The van der Waals surface area contributed by atoms with Gasteiger partial charge in [-0.15, -0.1) is 34.2 Å². The molecule has 1 aliphatic rings. The Balaban J connectivity index is 0.00000243. The van der Waals surface area contributed by atoms with Crippen molar-refractivity contribution in [3.63, 3.8) is 0 Å². The van der Waals surface area contributed by atoms with Crippen molar-refractivity contribution in [3.8, 4) is 0 Å². The van der Waals surface area contributed by atoms with E-state index >= 15 is 0 Å². The highest BCUT2D eigenvalue weighted by atomic mass is 127. The molecule has 0 saturated carbocycles. The molecule has 1 aromatic carbocycles. The number of halogens is 1. The Kier molecular flexibility index (Phi) is 8.60. The first-order valence-corrected chi connectivity index (χ1v) is 8.89. The second kappa shape index (κ2) is 10.9. The van der Waals surface area contributed by atoms with Gasteiger partial charge in [-0.2, -0.15) is 0 Å². The van der Waals surface area contributed by atoms with Gasteiger partial charge >= 0.3 is 0 Å². The van der Waals surface area contributed by atoms with E-state index in [0.29, 0.717) is 0 Å². The summed E-state index contributed by atoms with van der Waals surface area (Å²) >= 11 is 0. The minimum atomic E-state index is 0. The summed E-state index contributed by atoms with van der Waals surface area (Å²) in [5.41, 5.74) is 2.76. The number of benzene rings is 1. The van der Waals surface area contributed by atoms with Crippen LogP contribution in [0.3, 0.4) is 0 Å². The van der Waals surface area contributed by atoms with Gasteiger partial charge < -0.3 is 14.8 Å². The van der Waals surface area contributed by atoms with E-state index in [1.54, 1.807) is 12.7 Å². The summed E-state index contributed by atoms with van der Waals surface area (Å²) in [4.78, 5) is 6.75. The Morgan fingerprint density at radius 3 is 2.58 bits per heavy atom. The van der Waals surface area contributed by atoms with Crippen molar-refractivity contribution < 1.29 is 0 Å². The third-order valence-electron chi connectivity index (χ3n) is 4.46. The van der Waals surface area contributed by atoms with Crippen LogP contribution in [-0.4, -0.2) is 52.3 Å². The number of hydrogen-bond donors (Lipinski definition) is 1. The van der Waals surface area contributed by atoms with Crippen LogP contribution in [0.2, 0.25) is 0 Å². The number of unbranched alkanes of at least 4 members (excludes halogenated alkanes) is 1. The van der Waals surface area contributed by atoms with Gasteiger partial charge in [0, 0.05) is 33.2 Å². The SMILES string of the molecule is CN=C(NCCCCn1cnnc1)N1CC=C(c2ccccc2)CC1.I. The lowest BCUT2D eigenvalue weighted by Crippen LogP contribution is -2.43. The summed E-state index contributed by atoms with van der Waals surface area (Å²) < 4.78 is 2.01. The van der Waals surface area contributed by atoms with Crippen LogP contribution in [0.25, 0.3) is 5.57 Å². The van der Waals surface area contributed by atoms with Crippen LogP contribution in [-0.2, 0) is 6.54 Å². The summed E-state index contributed by atoms with van der Waals surface area (Å²) in [6, 6.07) is 10.6. The van der Waals surface area contributed by atoms with Crippen molar-refractivity contribution in [2.75, 3.05) is 26.7 Å². The number of aromatic nitrogens is 3. The fraction of sp³-hybridized carbons (Fsp3) is 0.421. The van der Waals surface area contributed by atoms with E-state index in [2.05, 4.69) is 61.8 Å². The zero-order chi connectivity index (χ0) is 17.3. The Bertz CT molecular complexity index is 696. The highest BCUT2D eigenvalue weighted by Gasteiger charge is 2.15. The molecule has 0 atom stereocenters. The number of aryl methyl sites for hydroxylation is 1. The molecule has 1 aliphatic heterocycles. The molecular formula is C19H27IN6. The molecule has 2 aromatic rings. The topological polar surface area (TPSA) is 58.3 Å². The molecule has 7 heteroatoms. The van der Waals surface area contributed by atoms with Crippen molar-refractivity contribution in [3.05, 3.63) is 54.6 Å². The van der Waals surface area contributed by atoms with E-state index in [-0.39, 0.29) is 24.0 Å². The number of guanidine groups is 1. The van der Waals surface area contributed by atoms with Gasteiger partial charge in [-0.1, -0.05) is 36.4 Å². The summed E-state index contributed by atoms with van der Waals surface area (Å²) in [6.07, 6.45) is 9.08. The number of aliphatic imine (C=N–C) groups is 1. The number of hydrogen-bond acceptors (Lipinski definition) is 3. The fourth-order valence-corrected chi connectivity index (χ4v) is 3.07. The van der Waals surface area contributed by atoms with E-state index in [1.165, 1.54) is 11.1 Å². The molecule has 1 N–H and O–H groups in total. The maximum absolute atomic E-state index is 4.43. The van der Waals surface area contributed by atoms with Crippen molar-refractivity contribution in [2.45, 2.75) is 25.8 Å². The quantitative estimate of drug-likeness (QED) is 0.308. The summed E-state index contributed by atoms with van der Waals surface area (Å²) in [5, 5.41) is 11.1. The van der Waals surface area contributed by atoms with Crippen LogP contribution in [0, 0.1) is 0 Å². The van der Waals surface area contributed by atoms with Crippen molar-refractivity contribution in [1.82, 2.24) is 25.0 Å². The van der Waals surface area contributed by atoms with Crippen LogP contribution < -0.4 is 5.32 Å². The molecule has 0 spiro atoms. The largest absolute Gasteiger partial charge is 0.356 e. The summed E-state index contributed by atoms with van der Waals surface area (Å²) in [5.74, 6) is 0.993. The zero-order valence-electron chi connectivity index (χ0n) is 15.2. The molecule has 3 rings (SSSR count). The second-order valence-electron chi connectivity index (χ2n) is 6.17. The van der Waals surface area contributed by atoms with Crippen LogP contribution in [0.5, 0.6) is 0 Å². The zero-order valence-corrected chi connectivity index (χ0v) is 17.5. The standard InChI is InChI=1S/C19H26N6.HI/c1-20-19(21-11-5-6-12-24-15-22-23-16-24)25-13-9-18(10-14-25)17-7-3-2-4-8-17;/h2-4,7-9,15-16H,5-6,10-14H2,1H3,(H,20,21);1H. The van der Waals surface area contributed by atoms with Crippen LogP contribution >= 0.6 is 24.0 Å². The smallest absolute Gasteiger partial charge is 0.193 e. The van der Waals surface area contributed by atoms with Crippen molar-refractivity contribution in [2.24, 2.45) is 4.99 Å². The Morgan fingerprint density at radius 2 is 1.92 bits per heavy atom. The molecule has 140 valence electrons. The average Bonchev–Trinajstić information content (AvgIpc) is 3.19. The molecule has 2 heterocycles. The molecule has 1 aromatic heterocycles. The number of nitrogens with one attached hydrogen (secondary N) is 1. The lowest BCUT2D eigenvalue weighted by molar-refractivity contribution is 0.438. The molecule has 26 heavy (non-hydrogen) atoms. The molecule has 0 saturated heterocycles. The van der Waals surface area contributed by atoms with Gasteiger partial charge in [0.2, 0.25) is 0 Å². The molecule has 0 fully saturated rings. The third-order valence-corrected chi connectivity index (χ3v) is 4.46. The average molecular weight is 466 g/mol. The highest BCUT2D eigenvalue weighted by Crippen LogP contribution is 2.21. The minimum absolute atomic E-state index is 0. The number of rotatable bonds is 6. The van der Waals surface area contributed by atoms with Gasteiger partial charge in [0.25, 0.3) is 0 Å². The van der Waals surface area contributed by atoms with E-state index in [9.17, 15) is 0 Å². The summed E-state index contributed by atoms with van der Waals surface area (Å²) in [7, 11) is 1.86. The normalized spacial score (nSPS) is 14.6. The first-order chi connectivity index (χ1) is 12.4. The van der Waals surface area contributed by atoms with Gasteiger partial charge in [-0.3, -0.25) is 4.99 Å². The van der Waals surface area contributed by atoms with Crippen LogP contribution in [0.15, 0.2) is 54.1 Å². The van der Waals surface area contributed by atoms with E-state index in [4.69, 9.17) is 0 Å². The molecule has 0 amide bonds. The minimum Gasteiger partial charge on any atom is -0.356 e. The van der Waals surface area contributed by atoms with Gasteiger partial charge in [-0.05, 0) is 30.4 Å². The predicted molar refractivity (Wildman–Crippen MR) is 117 cm³/mol. The molecule has 0 aliphatic carbocycles. The molecular weight excluding hydrogens is 439 g/mol. The van der Waals surface area contributed by atoms with Gasteiger partial charge in [0.05, 0.1) is 0 Å². The van der Waals surface area contributed by atoms with E-state index < -0.39 is 0 Å². The Morgan fingerprint density at radius 1 is 1.15 bits per heavy atom. The first kappa shape index (κ1) is 20.4. The van der Waals surface area contributed by atoms with Gasteiger partial charge in [0.15, 0.2) is 5.96 Å². The summed E-state index contributed by atoms with van der Waals surface area (Å²) in [6.45, 7) is 3.80. The van der Waals surface area contributed by atoms with E-state index in [1.807, 2.05) is 11.6 Å². The first-order valence-electron chi connectivity index (χ1n) is 8.89. The molecule has 0 bridgehead atoms. The van der Waals surface area contributed by atoms with Gasteiger partial charge in [-0.25, -0.2) is 0 Å².